The zero-order chi connectivity index (χ0) is 14.7. The van der Waals surface area contributed by atoms with Gasteiger partial charge in [-0.1, -0.05) is 37.0 Å². The highest BCUT2D eigenvalue weighted by Crippen LogP contribution is 2.27. The second kappa shape index (κ2) is 6.40. The van der Waals surface area contributed by atoms with E-state index in [0.29, 0.717) is 0 Å². The number of hydrogen-bond acceptors (Lipinski definition) is 2. The molecule has 3 nitrogen and oxygen atoms in total. The highest BCUT2D eigenvalue weighted by molar-refractivity contribution is 5.95. The second-order valence-electron chi connectivity index (χ2n) is 6.10. The fourth-order valence-corrected chi connectivity index (χ4v) is 3.19. The van der Waals surface area contributed by atoms with Crippen LogP contribution in [0.5, 0.6) is 0 Å². The number of rotatable bonds is 2. The van der Waals surface area contributed by atoms with Crippen LogP contribution >= 0.6 is 0 Å². The van der Waals surface area contributed by atoms with Crippen molar-refractivity contribution in [3.8, 4) is 0 Å². The van der Waals surface area contributed by atoms with E-state index in [1.165, 1.54) is 12.0 Å². The zero-order valence-electron chi connectivity index (χ0n) is 12.9. The number of benzene rings is 1. The van der Waals surface area contributed by atoms with E-state index in [9.17, 15) is 4.79 Å². The zero-order valence-corrected chi connectivity index (χ0v) is 12.9. The standard InChI is InChI=1S/C17H26N2O/c1-12-9-10-16(13(2)11-12)19(3)17(20)14-7-5-4-6-8-15(14)18/h9-11,14-15H,4-8,18H2,1-3H3. The maximum Gasteiger partial charge on any atom is 0.231 e. The molecule has 0 bridgehead atoms. The summed E-state index contributed by atoms with van der Waals surface area (Å²) in [5.74, 6) is 0.148. The molecule has 0 spiro atoms. The SMILES string of the molecule is Cc1ccc(N(C)C(=O)C2CCCCCC2N)c(C)c1. The molecule has 2 atom stereocenters. The van der Waals surface area contributed by atoms with Crippen LogP contribution in [0.15, 0.2) is 18.2 Å². The first-order chi connectivity index (χ1) is 9.50. The van der Waals surface area contributed by atoms with Gasteiger partial charge in [-0.3, -0.25) is 4.79 Å². The molecule has 1 aromatic rings. The highest BCUT2D eigenvalue weighted by atomic mass is 16.2. The van der Waals surface area contributed by atoms with Crippen LogP contribution in [0.25, 0.3) is 0 Å². The van der Waals surface area contributed by atoms with Gasteiger partial charge in [-0.2, -0.15) is 0 Å². The number of nitrogens with zero attached hydrogens (tertiary/aromatic N) is 1. The van der Waals surface area contributed by atoms with E-state index in [1.807, 2.05) is 13.1 Å². The van der Waals surface area contributed by atoms with Crippen molar-refractivity contribution >= 4 is 11.6 Å². The summed E-state index contributed by atoms with van der Waals surface area (Å²) in [5, 5.41) is 0. The Morgan fingerprint density at radius 2 is 1.90 bits per heavy atom. The van der Waals surface area contributed by atoms with E-state index in [1.54, 1.807) is 4.90 Å². The van der Waals surface area contributed by atoms with Crippen LogP contribution in [-0.2, 0) is 4.79 Å². The molecule has 1 amide bonds. The Balaban J connectivity index is 2.18. The molecule has 1 aliphatic rings. The third-order valence-electron chi connectivity index (χ3n) is 4.43. The fraction of sp³-hybridized carbons (Fsp3) is 0.588. The van der Waals surface area contributed by atoms with Crippen LogP contribution in [0.3, 0.4) is 0 Å². The summed E-state index contributed by atoms with van der Waals surface area (Å²) in [6.07, 6.45) is 5.36. The molecule has 0 aromatic heterocycles. The maximum absolute atomic E-state index is 12.7. The molecular weight excluding hydrogens is 248 g/mol. The fourth-order valence-electron chi connectivity index (χ4n) is 3.19. The number of anilines is 1. The Hall–Kier alpha value is -1.35. The molecule has 0 saturated heterocycles. The average Bonchev–Trinajstić information content (AvgIpc) is 2.62. The molecule has 110 valence electrons. The summed E-state index contributed by atoms with van der Waals surface area (Å²) in [4.78, 5) is 14.5. The van der Waals surface area contributed by atoms with Gasteiger partial charge >= 0.3 is 0 Å². The monoisotopic (exact) mass is 274 g/mol. The van der Waals surface area contributed by atoms with Crippen molar-refractivity contribution in [2.24, 2.45) is 11.7 Å². The third-order valence-corrected chi connectivity index (χ3v) is 4.43. The van der Waals surface area contributed by atoms with E-state index in [4.69, 9.17) is 5.73 Å². The quantitative estimate of drug-likeness (QED) is 0.842. The largest absolute Gasteiger partial charge is 0.327 e. The number of hydrogen-bond donors (Lipinski definition) is 1. The molecule has 1 aromatic carbocycles. The molecule has 0 aliphatic heterocycles. The Labute approximate surface area is 122 Å². The van der Waals surface area contributed by atoms with Gasteiger partial charge in [0, 0.05) is 18.8 Å². The molecule has 2 rings (SSSR count). The highest BCUT2D eigenvalue weighted by Gasteiger charge is 2.30. The molecule has 3 heteroatoms. The lowest BCUT2D eigenvalue weighted by Crippen LogP contribution is -2.42. The predicted octanol–water partition coefficient (Wildman–Crippen LogP) is 3.17. The number of carbonyl (C=O) groups is 1. The first-order valence-corrected chi connectivity index (χ1v) is 7.61. The second-order valence-corrected chi connectivity index (χ2v) is 6.10. The lowest BCUT2D eigenvalue weighted by atomic mass is 9.93. The van der Waals surface area contributed by atoms with Crippen LogP contribution < -0.4 is 10.6 Å². The molecule has 20 heavy (non-hydrogen) atoms. The minimum Gasteiger partial charge on any atom is -0.327 e. The van der Waals surface area contributed by atoms with Crippen LogP contribution in [0, 0.1) is 19.8 Å². The number of nitrogens with two attached hydrogens (primary N) is 1. The Bertz CT molecular complexity index is 484. The number of carbonyl (C=O) groups excluding carboxylic acids is 1. The van der Waals surface area contributed by atoms with Crippen molar-refractivity contribution in [1.82, 2.24) is 0 Å². The first-order valence-electron chi connectivity index (χ1n) is 7.61. The smallest absolute Gasteiger partial charge is 0.231 e. The van der Waals surface area contributed by atoms with Gasteiger partial charge < -0.3 is 10.6 Å². The number of aryl methyl sites for hydroxylation is 2. The predicted molar refractivity (Wildman–Crippen MR) is 83.9 cm³/mol. The normalized spacial score (nSPS) is 23.2. The van der Waals surface area contributed by atoms with Crippen molar-refractivity contribution < 1.29 is 4.79 Å². The summed E-state index contributed by atoms with van der Waals surface area (Å²) >= 11 is 0. The van der Waals surface area contributed by atoms with Crippen LogP contribution in [0.2, 0.25) is 0 Å². The molecule has 1 saturated carbocycles. The topological polar surface area (TPSA) is 46.3 Å². The van der Waals surface area contributed by atoms with Crippen LogP contribution in [0.4, 0.5) is 5.69 Å². The van der Waals surface area contributed by atoms with Crippen LogP contribution in [0.1, 0.15) is 43.2 Å². The molecule has 2 unspecified atom stereocenters. The summed E-state index contributed by atoms with van der Waals surface area (Å²) < 4.78 is 0. The molecule has 0 radical (unpaired) electrons. The summed E-state index contributed by atoms with van der Waals surface area (Å²) in [6, 6.07) is 6.22. The molecule has 2 N–H and O–H groups in total. The van der Waals surface area contributed by atoms with Gasteiger partial charge in [-0.25, -0.2) is 0 Å². The van der Waals surface area contributed by atoms with Crippen molar-refractivity contribution in [3.05, 3.63) is 29.3 Å². The summed E-state index contributed by atoms with van der Waals surface area (Å²) in [5.41, 5.74) is 9.57. The maximum atomic E-state index is 12.7. The van der Waals surface area contributed by atoms with Crippen LogP contribution in [-0.4, -0.2) is 19.0 Å². The van der Waals surface area contributed by atoms with Crippen molar-refractivity contribution in [2.75, 3.05) is 11.9 Å². The van der Waals surface area contributed by atoms with Gasteiger partial charge in [0.25, 0.3) is 0 Å². The van der Waals surface area contributed by atoms with Gasteiger partial charge in [-0.15, -0.1) is 0 Å². The Morgan fingerprint density at radius 1 is 1.20 bits per heavy atom. The molecule has 1 aliphatic carbocycles. The third kappa shape index (κ3) is 3.21. The molecule has 1 fully saturated rings. The van der Waals surface area contributed by atoms with E-state index in [-0.39, 0.29) is 17.9 Å². The van der Waals surface area contributed by atoms with Gasteiger partial charge in [0.15, 0.2) is 0 Å². The first kappa shape index (κ1) is 15.0. The van der Waals surface area contributed by atoms with E-state index >= 15 is 0 Å². The van der Waals surface area contributed by atoms with Gasteiger partial charge in [-0.05, 0) is 38.3 Å². The Morgan fingerprint density at radius 3 is 2.60 bits per heavy atom. The van der Waals surface area contributed by atoms with Crippen molar-refractivity contribution in [1.29, 1.82) is 0 Å². The van der Waals surface area contributed by atoms with E-state index in [0.717, 1.165) is 36.9 Å². The Kier molecular flexibility index (Phi) is 4.81. The van der Waals surface area contributed by atoms with E-state index < -0.39 is 0 Å². The van der Waals surface area contributed by atoms with Crippen molar-refractivity contribution in [3.63, 3.8) is 0 Å². The summed E-state index contributed by atoms with van der Waals surface area (Å²) in [6.45, 7) is 4.12. The van der Waals surface area contributed by atoms with Crippen molar-refractivity contribution in [2.45, 2.75) is 52.0 Å². The minimum absolute atomic E-state index is 0.0122. The minimum atomic E-state index is -0.0248. The average molecular weight is 274 g/mol. The van der Waals surface area contributed by atoms with E-state index in [2.05, 4.69) is 26.0 Å². The van der Waals surface area contributed by atoms with Gasteiger partial charge in [0.05, 0.1) is 5.92 Å². The lowest BCUT2D eigenvalue weighted by molar-refractivity contribution is -0.122. The van der Waals surface area contributed by atoms with Gasteiger partial charge in [0.1, 0.15) is 0 Å². The lowest BCUT2D eigenvalue weighted by Gasteiger charge is -2.27. The van der Waals surface area contributed by atoms with Gasteiger partial charge in [0.2, 0.25) is 5.91 Å². The molecule has 0 heterocycles. The molecular formula is C17H26N2O. The summed E-state index contributed by atoms with van der Waals surface area (Å²) in [7, 11) is 1.87. The number of amides is 1.